The average Bonchev–Trinajstić information content (AvgIpc) is 2.75. The van der Waals surface area contributed by atoms with Crippen LogP contribution in [0, 0.1) is 0 Å². The third kappa shape index (κ3) is 7.13. The number of rotatable bonds is 11. The lowest BCUT2D eigenvalue weighted by atomic mass is 10.1. The van der Waals surface area contributed by atoms with Crippen LogP contribution in [0.1, 0.15) is 32.3 Å². The van der Waals surface area contributed by atoms with Gasteiger partial charge in [-0.2, -0.15) is 0 Å². The summed E-state index contributed by atoms with van der Waals surface area (Å²) in [6, 6.07) is 17.2. The zero-order valence-electron chi connectivity index (χ0n) is 17.4. The van der Waals surface area contributed by atoms with Gasteiger partial charge in [-0.15, -0.1) is 11.8 Å². The summed E-state index contributed by atoms with van der Waals surface area (Å²) in [5, 5.41) is 2.86. The van der Waals surface area contributed by atoms with Crippen LogP contribution >= 0.6 is 11.8 Å². The van der Waals surface area contributed by atoms with Crippen LogP contribution in [0.3, 0.4) is 0 Å². The third-order valence-corrected chi connectivity index (χ3v) is 5.59. The zero-order chi connectivity index (χ0) is 21.1. The highest BCUT2D eigenvalue weighted by molar-refractivity contribution is 7.99. The van der Waals surface area contributed by atoms with Crippen LogP contribution in [0.2, 0.25) is 0 Å². The van der Waals surface area contributed by atoms with Gasteiger partial charge in [-0.1, -0.05) is 37.3 Å². The molecule has 0 radical (unpaired) electrons. The molecule has 1 N–H and O–H groups in total. The van der Waals surface area contributed by atoms with Crippen LogP contribution in [-0.2, 0) is 16.1 Å². The standard InChI is InChI=1S/C23H30N2O3S/c1-4-21(23(27)24-5-2)25(17-18-11-13-19(28-3)14-12-18)22(26)15-16-29-20-9-7-6-8-10-20/h6-14,21H,4-5,15-17H2,1-3H3,(H,24,27)/t21-/m1/s1. The fourth-order valence-electron chi connectivity index (χ4n) is 3.06. The van der Waals surface area contributed by atoms with Gasteiger partial charge in [-0.25, -0.2) is 0 Å². The quantitative estimate of drug-likeness (QED) is 0.562. The van der Waals surface area contributed by atoms with E-state index in [4.69, 9.17) is 4.74 Å². The summed E-state index contributed by atoms with van der Waals surface area (Å²) >= 11 is 1.65. The Labute approximate surface area is 177 Å². The van der Waals surface area contributed by atoms with Gasteiger partial charge in [-0.05, 0) is 43.2 Å². The highest BCUT2D eigenvalue weighted by atomic mass is 32.2. The molecule has 0 fully saturated rings. The highest BCUT2D eigenvalue weighted by Crippen LogP contribution is 2.21. The van der Waals surface area contributed by atoms with Crippen LogP contribution in [0.15, 0.2) is 59.5 Å². The van der Waals surface area contributed by atoms with E-state index in [0.29, 0.717) is 31.7 Å². The van der Waals surface area contributed by atoms with E-state index in [9.17, 15) is 9.59 Å². The lowest BCUT2D eigenvalue weighted by molar-refractivity contribution is -0.141. The predicted molar refractivity (Wildman–Crippen MR) is 118 cm³/mol. The maximum absolute atomic E-state index is 13.1. The van der Waals surface area contributed by atoms with Crippen LogP contribution in [0.4, 0.5) is 0 Å². The molecule has 2 aromatic carbocycles. The van der Waals surface area contributed by atoms with Crippen molar-refractivity contribution in [2.75, 3.05) is 19.4 Å². The van der Waals surface area contributed by atoms with E-state index in [2.05, 4.69) is 5.32 Å². The van der Waals surface area contributed by atoms with Crippen LogP contribution < -0.4 is 10.1 Å². The average molecular weight is 415 g/mol. The van der Waals surface area contributed by atoms with Gasteiger partial charge in [0, 0.05) is 30.2 Å². The zero-order valence-corrected chi connectivity index (χ0v) is 18.2. The van der Waals surface area contributed by atoms with Gasteiger partial charge in [0.15, 0.2) is 0 Å². The van der Waals surface area contributed by atoms with Gasteiger partial charge in [0.25, 0.3) is 0 Å². The van der Waals surface area contributed by atoms with Crippen molar-refractivity contribution in [3.8, 4) is 5.75 Å². The number of carbonyl (C=O) groups excluding carboxylic acids is 2. The van der Waals surface area contributed by atoms with Gasteiger partial charge < -0.3 is 15.0 Å². The fraction of sp³-hybridized carbons (Fsp3) is 0.391. The number of likely N-dealkylation sites (N-methyl/N-ethyl adjacent to an activating group) is 1. The minimum Gasteiger partial charge on any atom is -0.497 e. The summed E-state index contributed by atoms with van der Waals surface area (Å²) in [6.07, 6.45) is 0.950. The first-order valence-corrected chi connectivity index (χ1v) is 11.0. The van der Waals surface area contributed by atoms with Gasteiger partial charge in [0.2, 0.25) is 11.8 Å². The summed E-state index contributed by atoms with van der Waals surface area (Å²) in [5.74, 6) is 1.32. The molecule has 0 aromatic heterocycles. The second-order valence-corrected chi connectivity index (χ2v) is 7.77. The lowest BCUT2D eigenvalue weighted by Crippen LogP contribution is -2.49. The fourth-order valence-corrected chi connectivity index (χ4v) is 3.92. The Hall–Kier alpha value is -2.47. The van der Waals surface area contributed by atoms with Crippen molar-refractivity contribution in [1.29, 1.82) is 0 Å². The molecule has 0 aliphatic heterocycles. The van der Waals surface area contributed by atoms with E-state index in [1.807, 2.05) is 68.4 Å². The molecule has 0 unspecified atom stereocenters. The van der Waals surface area contributed by atoms with Gasteiger partial charge in [0.05, 0.1) is 7.11 Å². The first-order chi connectivity index (χ1) is 14.1. The number of benzene rings is 2. The van der Waals surface area contributed by atoms with Crippen LogP contribution in [-0.4, -0.2) is 42.2 Å². The van der Waals surface area contributed by atoms with Crippen molar-refractivity contribution in [2.24, 2.45) is 0 Å². The molecule has 1 atom stereocenters. The molecule has 29 heavy (non-hydrogen) atoms. The molecule has 2 rings (SSSR count). The van der Waals surface area contributed by atoms with Crippen LogP contribution in [0.25, 0.3) is 0 Å². The van der Waals surface area contributed by atoms with Crippen LogP contribution in [0.5, 0.6) is 5.75 Å². The number of hydrogen-bond acceptors (Lipinski definition) is 4. The van der Waals surface area contributed by atoms with E-state index in [1.165, 1.54) is 0 Å². The molecular weight excluding hydrogens is 384 g/mol. The molecule has 0 heterocycles. The number of methoxy groups -OCH3 is 1. The Morgan fingerprint density at radius 2 is 1.76 bits per heavy atom. The molecule has 0 spiro atoms. The van der Waals surface area contributed by atoms with Crippen molar-refractivity contribution >= 4 is 23.6 Å². The Morgan fingerprint density at radius 3 is 2.34 bits per heavy atom. The predicted octanol–water partition coefficient (Wildman–Crippen LogP) is 4.12. The van der Waals surface area contributed by atoms with Gasteiger partial charge in [0.1, 0.15) is 11.8 Å². The topological polar surface area (TPSA) is 58.6 Å². The summed E-state index contributed by atoms with van der Waals surface area (Å²) in [6.45, 7) is 4.77. The Balaban J connectivity index is 2.10. The minimum absolute atomic E-state index is 0.0117. The molecule has 6 heteroatoms. The number of thioether (sulfide) groups is 1. The molecule has 0 saturated carbocycles. The summed E-state index contributed by atoms with van der Waals surface area (Å²) < 4.78 is 5.21. The third-order valence-electron chi connectivity index (χ3n) is 4.58. The molecule has 156 valence electrons. The maximum Gasteiger partial charge on any atom is 0.242 e. The molecular formula is C23H30N2O3S. The molecule has 5 nitrogen and oxygen atoms in total. The van der Waals surface area contributed by atoms with E-state index in [0.717, 1.165) is 16.2 Å². The van der Waals surface area contributed by atoms with Crippen molar-refractivity contribution in [1.82, 2.24) is 10.2 Å². The Morgan fingerprint density at radius 1 is 1.07 bits per heavy atom. The van der Waals surface area contributed by atoms with Gasteiger partial charge >= 0.3 is 0 Å². The molecule has 2 aromatic rings. The maximum atomic E-state index is 13.1. The number of ether oxygens (including phenoxy) is 1. The number of amides is 2. The summed E-state index contributed by atoms with van der Waals surface area (Å²) in [4.78, 5) is 28.5. The van der Waals surface area contributed by atoms with Crippen molar-refractivity contribution in [2.45, 2.75) is 44.2 Å². The molecule has 0 aliphatic carbocycles. The Bertz CT molecular complexity index is 765. The first kappa shape index (κ1) is 22.8. The lowest BCUT2D eigenvalue weighted by Gasteiger charge is -2.30. The molecule has 2 amide bonds. The van der Waals surface area contributed by atoms with Gasteiger partial charge in [-0.3, -0.25) is 9.59 Å². The van der Waals surface area contributed by atoms with E-state index in [1.54, 1.807) is 23.8 Å². The largest absolute Gasteiger partial charge is 0.497 e. The smallest absolute Gasteiger partial charge is 0.242 e. The number of nitrogens with zero attached hydrogens (tertiary/aromatic N) is 1. The number of nitrogens with one attached hydrogen (secondary N) is 1. The number of carbonyl (C=O) groups is 2. The number of hydrogen-bond donors (Lipinski definition) is 1. The monoisotopic (exact) mass is 414 g/mol. The minimum atomic E-state index is -0.480. The van der Waals surface area contributed by atoms with E-state index < -0.39 is 6.04 Å². The SMILES string of the molecule is CCNC(=O)[C@@H](CC)N(Cc1ccc(OC)cc1)C(=O)CCSc1ccccc1. The van der Waals surface area contributed by atoms with Crippen molar-refractivity contribution < 1.29 is 14.3 Å². The summed E-state index contributed by atoms with van der Waals surface area (Å²) in [7, 11) is 1.62. The molecule has 0 saturated heterocycles. The second kappa shape index (κ2) is 12.2. The second-order valence-electron chi connectivity index (χ2n) is 6.60. The summed E-state index contributed by atoms with van der Waals surface area (Å²) in [5.41, 5.74) is 0.970. The van der Waals surface area contributed by atoms with Crippen molar-refractivity contribution in [3.05, 3.63) is 60.2 Å². The first-order valence-electron chi connectivity index (χ1n) is 9.97. The highest BCUT2D eigenvalue weighted by Gasteiger charge is 2.28. The van der Waals surface area contributed by atoms with Crippen molar-refractivity contribution in [3.63, 3.8) is 0 Å². The molecule has 0 aliphatic rings. The Kier molecular flexibility index (Phi) is 9.57. The molecule has 0 bridgehead atoms. The van der Waals surface area contributed by atoms with E-state index in [-0.39, 0.29) is 11.8 Å². The normalized spacial score (nSPS) is 11.6. The van der Waals surface area contributed by atoms with E-state index >= 15 is 0 Å².